The largest absolute Gasteiger partial charge is 0.456 e. The first kappa shape index (κ1) is 14.1. The van der Waals surface area contributed by atoms with E-state index in [1.54, 1.807) is 0 Å². The van der Waals surface area contributed by atoms with Gasteiger partial charge >= 0.3 is 6.47 Å². The van der Waals surface area contributed by atoms with Gasteiger partial charge in [-0.3, -0.25) is 0 Å². The Bertz CT molecular complexity index is 116. The number of alkyl halides is 1. The van der Waals surface area contributed by atoms with Crippen molar-refractivity contribution in [2.45, 2.75) is 24.6 Å². The maximum Gasteiger partial charge on any atom is 0.417 e. The number of ether oxygens (including phenoxy) is 1. The Morgan fingerprint density at radius 1 is 1.55 bits per heavy atom. The molecular formula is C6H12ClO2SiZn. The molecule has 0 rings (SSSR count). The van der Waals surface area contributed by atoms with Crippen LogP contribution in [-0.2, 0) is 29.0 Å². The van der Waals surface area contributed by atoms with Crippen molar-refractivity contribution in [3.05, 3.63) is 0 Å². The monoisotopic (exact) mass is 243 g/mol. The Labute approximate surface area is 86.4 Å². The maximum absolute atomic E-state index is 9.65. The molecule has 0 fully saturated rings. The zero-order chi connectivity index (χ0) is 8.20. The van der Waals surface area contributed by atoms with E-state index in [0.29, 0.717) is 6.61 Å². The maximum atomic E-state index is 9.65. The van der Waals surface area contributed by atoms with Crippen molar-refractivity contribution in [2.24, 2.45) is 0 Å². The van der Waals surface area contributed by atoms with Gasteiger partial charge in [-0.2, -0.15) is 0 Å². The van der Waals surface area contributed by atoms with E-state index in [1.165, 1.54) is 6.47 Å². The summed E-state index contributed by atoms with van der Waals surface area (Å²) in [6, 6.07) is 0. The first-order valence-electron chi connectivity index (χ1n) is 3.11. The fourth-order valence-electron chi connectivity index (χ4n) is 0.357. The van der Waals surface area contributed by atoms with Crippen molar-refractivity contribution >= 4 is 26.1 Å². The zero-order valence-corrected chi connectivity index (χ0v) is 11.9. The van der Waals surface area contributed by atoms with Crippen LogP contribution in [0.2, 0.25) is 19.6 Å². The smallest absolute Gasteiger partial charge is 0.417 e. The summed E-state index contributed by atoms with van der Waals surface area (Å²) in [6.45, 7) is 8.02. The van der Waals surface area contributed by atoms with Crippen molar-refractivity contribution in [3.8, 4) is 0 Å². The quantitative estimate of drug-likeness (QED) is 0.555. The molecule has 0 bridgehead atoms. The van der Waals surface area contributed by atoms with Gasteiger partial charge in [0, 0.05) is 19.5 Å². The molecule has 0 saturated heterocycles. The molecule has 0 amide bonds. The Kier molecular flexibility index (Phi) is 7.91. The Balaban J connectivity index is 0. The number of hydrogen-bond donors (Lipinski definition) is 0. The van der Waals surface area contributed by atoms with Crippen LogP contribution in [0.15, 0.2) is 0 Å². The third-order valence-corrected chi connectivity index (χ3v) is 5.36. The van der Waals surface area contributed by atoms with E-state index in [4.69, 9.17) is 11.6 Å². The van der Waals surface area contributed by atoms with Crippen LogP contribution in [0.3, 0.4) is 0 Å². The van der Waals surface area contributed by atoms with E-state index in [1.807, 2.05) is 0 Å². The van der Waals surface area contributed by atoms with Crippen molar-refractivity contribution < 1.29 is 29.0 Å². The van der Waals surface area contributed by atoms with Gasteiger partial charge in [0.2, 0.25) is 0 Å². The number of rotatable bonds is 4. The van der Waals surface area contributed by atoms with Crippen LogP contribution in [0.4, 0.5) is 0 Å². The Hall–Kier alpha value is 0.600. The van der Waals surface area contributed by atoms with E-state index >= 15 is 0 Å². The van der Waals surface area contributed by atoms with Gasteiger partial charge < -0.3 is 4.74 Å². The van der Waals surface area contributed by atoms with Gasteiger partial charge in [-0.05, 0) is 0 Å². The van der Waals surface area contributed by atoms with Gasteiger partial charge in [0.05, 0.1) is 13.1 Å². The van der Waals surface area contributed by atoms with Gasteiger partial charge in [-0.1, -0.05) is 19.6 Å². The molecule has 11 heavy (non-hydrogen) atoms. The predicted molar refractivity (Wildman–Crippen MR) is 44.6 cm³/mol. The molecule has 5 heteroatoms. The molecule has 1 atom stereocenters. The van der Waals surface area contributed by atoms with E-state index in [-0.39, 0.29) is 24.5 Å². The first-order chi connectivity index (χ1) is 4.48. The summed E-state index contributed by atoms with van der Waals surface area (Å²) in [7, 11) is -1.34. The van der Waals surface area contributed by atoms with Crippen LogP contribution in [0.25, 0.3) is 0 Å². The van der Waals surface area contributed by atoms with Crippen LogP contribution in [0, 0.1) is 0 Å². The Morgan fingerprint density at radius 2 is 2.00 bits per heavy atom. The number of hydrogen-bond acceptors (Lipinski definition) is 2. The predicted octanol–water partition coefficient (Wildman–Crippen LogP) is 1.55. The molecule has 0 aromatic rings. The second-order valence-electron chi connectivity index (χ2n) is 3.23. The third kappa shape index (κ3) is 6.98. The molecule has 0 aliphatic heterocycles. The van der Waals surface area contributed by atoms with E-state index < -0.39 is 8.07 Å². The molecule has 2 nitrogen and oxygen atoms in total. The van der Waals surface area contributed by atoms with E-state index in [0.717, 1.165) is 0 Å². The summed E-state index contributed by atoms with van der Waals surface area (Å²) in [5.41, 5.74) is 0. The molecule has 0 aromatic heterocycles. The summed E-state index contributed by atoms with van der Waals surface area (Å²) < 4.78 is 4.42. The van der Waals surface area contributed by atoms with Crippen LogP contribution in [-0.4, -0.2) is 26.2 Å². The molecule has 0 aromatic carbocycles. The van der Waals surface area contributed by atoms with Gasteiger partial charge in [0.1, 0.15) is 6.61 Å². The molecule has 0 heterocycles. The molecule has 0 saturated carbocycles. The summed E-state index contributed by atoms with van der Waals surface area (Å²) >= 11 is 5.89. The topological polar surface area (TPSA) is 26.3 Å². The van der Waals surface area contributed by atoms with Crippen LogP contribution in [0.5, 0.6) is 0 Å². The summed E-state index contributed by atoms with van der Waals surface area (Å²) in [5, 5.41) is -0.00560. The standard InChI is InChI=1S/C6H12ClO2Si.Zn/c1-10(2,3)6(7)4-9-5-8;/h6H,4H2,1-3H3;. The molecule has 0 N–H and O–H groups in total. The molecule has 0 aliphatic rings. The van der Waals surface area contributed by atoms with Crippen LogP contribution >= 0.6 is 11.6 Å². The van der Waals surface area contributed by atoms with E-state index in [2.05, 4.69) is 24.4 Å². The summed E-state index contributed by atoms with van der Waals surface area (Å²) in [5.74, 6) is 0. The van der Waals surface area contributed by atoms with Gasteiger partial charge in [0.15, 0.2) is 0 Å². The molecule has 61 valence electrons. The number of halogens is 1. The molecule has 0 spiro atoms. The molecule has 0 aliphatic carbocycles. The normalized spacial score (nSPS) is 13.1. The summed E-state index contributed by atoms with van der Waals surface area (Å²) in [4.78, 5) is 9.65. The average molecular weight is 245 g/mol. The minimum atomic E-state index is -1.34. The van der Waals surface area contributed by atoms with Crippen molar-refractivity contribution in [3.63, 3.8) is 0 Å². The molecular weight excluding hydrogens is 233 g/mol. The minimum absolute atomic E-state index is 0. The van der Waals surface area contributed by atoms with E-state index in [9.17, 15) is 4.79 Å². The fourth-order valence-corrected chi connectivity index (χ4v) is 1.00. The molecule has 1 radical (unpaired) electrons. The van der Waals surface area contributed by atoms with Gasteiger partial charge in [-0.25, -0.2) is 4.79 Å². The first-order valence-corrected chi connectivity index (χ1v) is 7.13. The summed E-state index contributed by atoms with van der Waals surface area (Å²) in [6.07, 6.45) is 0. The van der Waals surface area contributed by atoms with Crippen molar-refractivity contribution in [1.82, 2.24) is 0 Å². The van der Waals surface area contributed by atoms with Crippen LogP contribution < -0.4 is 0 Å². The molecule has 1 unspecified atom stereocenters. The van der Waals surface area contributed by atoms with Gasteiger partial charge in [0.25, 0.3) is 0 Å². The van der Waals surface area contributed by atoms with Gasteiger partial charge in [-0.15, -0.1) is 11.6 Å². The zero-order valence-electron chi connectivity index (χ0n) is 7.19. The number of carbonyl (C=O) groups excluding carboxylic acids is 1. The third-order valence-electron chi connectivity index (χ3n) is 1.23. The second kappa shape index (κ2) is 6.15. The van der Waals surface area contributed by atoms with Crippen molar-refractivity contribution in [1.29, 1.82) is 0 Å². The SMILES string of the molecule is C[Si](C)(C)C(Cl)CO[C]=O.[Zn]. The minimum Gasteiger partial charge on any atom is -0.456 e. The van der Waals surface area contributed by atoms with Crippen molar-refractivity contribution in [2.75, 3.05) is 6.61 Å². The van der Waals surface area contributed by atoms with Crippen LogP contribution in [0.1, 0.15) is 0 Å². The fraction of sp³-hybridized carbons (Fsp3) is 0.833. The average Bonchev–Trinajstić information content (AvgIpc) is 1.80. The Morgan fingerprint density at radius 3 is 2.27 bits per heavy atom. The second-order valence-corrected chi connectivity index (χ2v) is 9.55.